The summed E-state index contributed by atoms with van der Waals surface area (Å²) >= 11 is 0. The van der Waals surface area contributed by atoms with E-state index in [1.165, 1.54) is 0 Å². The normalized spacial score (nSPS) is 12.8. The highest BCUT2D eigenvalue weighted by atomic mass is 16.5. The molecule has 2 rings (SSSR count). The molecule has 24 heavy (non-hydrogen) atoms. The standard InChI is InChI=1S/C18H22N4O2/c1-5-9-24-17-8-6-7-15(10-17)13(2)20-18(23)21-14(3)16-11-19-22(4)12-16/h1,6-8,10-14H,9H2,2-4H3,(H2,20,21,23)/t13-,14+/m0/s1. The number of carbonyl (C=O) groups excluding carboxylic acids is 1. The van der Waals surface area contributed by atoms with Gasteiger partial charge in [0, 0.05) is 18.8 Å². The third-order valence-corrected chi connectivity index (χ3v) is 3.60. The Morgan fingerprint density at radius 1 is 1.33 bits per heavy atom. The molecular weight excluding hydrogens is 304 g/mol. The molecule has 1 heterocycles. The van der Waals surface area contributed by atoms with Crippen LogP contribution in [0.3, 0.4) is 0 Å². The monoisotopic (exact) mass is 326 g/mol. The smallest absolute Gasteiger partial charge is 0.315 e. The zero-order valence-corrected chi connectivity index (χ0v) is 14.1. The van der Waals surface area contributed by atoms with Gasteiger partial charge in [0.25, 0.3) is 0 Å². The lowest BCUT2D eigenvalue weighted by Gasteiger charge is -2.18. The van der Waals surface area contributed by atoms with Crippen LogP contribution < -0.4 is 15.4 Å². The Hall–Kier alpha value is -2.94. The predicted molar refractivity (Wildman–Crippen MR) is 92.5 cm³/mol. The number of hydrogen-bond acceptors (Lipinski definition) is 3. The third kappa shape index (κ3) is 4.78. The van der Waals surface area contributed by atoms with E-state index >= 15 is 0 Å². The number of terminal acetylenes is 1. The predicted octanol–water partition coefficient (Wildman–Crippen LogP) is 2.55. The van der Waals surface area contributed by atoms with Crippen LogP contribution in [0.25, 0.3) is 0 Å². The summed E-state index contributed by atoms with van der Waals surface area (Å²) in [6.07, 6.45) is 8.80. The molecule has 0 spiro atoms. The highest BCUT2D eigenvalue weighted by molar-refractivity contribution is 5.74. The van der Waals surface area contributed by atoms with Gasteiger partial charge in [-0.2, -0.15) is 5.10 Å². The van der Waals surface area contributed by atoms with E-state index in [0.29, 0.717) is 5.75 Å². The molecule has 0 fully saturated rings. The SMILES string of the molecule is C#CCOc1cccc([C@H](C)NC(=O)N[C@H](C)c2cnn(C)c2)c1. The van der Waals surface area contributed by atoms with Crippen LogP contribution in [0.5, 0.6) is 5.75 Å². The molecule has 0 saturated carbocycles. The summed E-state index contributed by atoms with van der Waals surface area (Å²) in [6.45, 7) is 4.04. The molecule has 2 atom stereocenters. The largest absolute Gasteiger partial charge is 0.481 e. The van der Waals surface area contributed by atoms with Gasteiger partial charge in [0.1, 0.15) is 12.4 Å². The molecule has 6 heteroatoms. The Balaban J connectivity index is 1.92. The Kier molecular flexibility index (Phi) is 5.85. The van der Waals surface area contributed by atoms with E-state index in [9.17, 15) is 4.79 Å². The van der Waals surface area contributed by atoms with Crippen LogP contribution in [0.15, 0.2) is 36.7 Å². The molecule has 2 aromatic rings. The van der Waals surface area contributed by atoms with Crippen LogP contribution in [-0.4, -0.2) is 22.4 Å². The molecule has 6 nitrogen and oxygen atoms in total. The number of benzene rings is 1. The fourth-order valence-electron chi connectivity index (χ4n) is 2.26. The quantitative estimate of drug-likeness (QED) is 0.802. The van der Waals surface area contributed by atoms with Crippen molar-refractivity contribution in [2.75, 3.05) is 6.61 Å². The summed E-state index contributed by atoms with van der Waals surface area (Å²) in [5.41, 5.74) is 1.89. The molecular formula is C18H22N4O2. The zero-order chi connectivity index (χ0) is 17.5. The minimum Gasteiger partial charge on any atom is -0.481 e. The second-order valence-electron chi connectivity index (χ2n) is 5.57. The van der Waals surface area contributed by atoms with Gasteiger partial charge in [-0.15, -0.1) is 6.42 Å². The summed E-state index contributed by atoms with van der Waals surface area (Å²) in [5, 5.41) is 9.92. The van der Waals surface area contributed by atoms with Gasteiger partial charge in [0.2, 0.25) is 0 Å². The minimum absolute atomic E-state index is 0.129. The van der Waals surface area contributed by atoms with E-state index in [-0.39, 0.29) is 24.7 Å². The summed E-state index contributed by atoms with van der Waals surface area (Å²) in [4.78, 5) is 12.2. The molecule has 0 bridgehead atoms. The molecule has 0 aliphatic heterocycles. The van der Waals surface area contributed by atoms with Crippen molar-refractivity contribution in [2.24, 2.45) is 7.05 Å². The molecule has 126 valence electrons. The first-order valence-electron chi connectivity index (χ1n) is 7.71. The van der Waals surface area contributed by atoms with E-state index in [2.05, 4.69) is 21.7 Å². The van der Waals surface area contributed by atoms with Gasteiger partial charge in [-0.1, -0.05) is 18.1 Å². The van der Waals surface area contributed by atoms with Gasteiger partial charge in [-0.25, -0.2) is 4.79 Å². The molecule has 2 amide bonds. The summed E-state index contributed by atoms with van der Waals surface area (Å²) in [6, 6.07) is 6.96. The average molecular weight is 326 g/mol. The maximum Gasteiger partial charge on any atom is 0.315 e. The topological polar surface area (TPSA) is 68.2 Å². The molecule has 0 aliphatic rings. The second-order valence-corrected chi connectivity index (χ2v) is 5.57. The second kappa shape index (κ2) is 8.06. The van der Waals surface area contributed by atoms with Crippen molar-refractivity contribution >= 4 is 6.03 Å². The van der Waals surface area contributed by atoms with Crippen LogP contribution in [0.1, 0.15) is 37.1 Å². The fraction of sp³-hybridized carbons (Fsp3) is 0.333. The van der Waals surface area contributed by atoms with E-state index in [4.69, 9.17) is 11.2 Å². The fourth-order valence-corrected chi connectivity index (χ4v) is 2.26. The van der Waals surface area contributed by atoms with Crippen molar-refractivity contribution in [3.63, 3.8) is 0 Å². The summed E-state index contributed by atoms with van der Waals surface area (Å²) in [5.74, 6) is 3.11. The van der Waals surface area contributed by atoms with Crippen molar-refractivity contribution in [2.45, 2.75) is 25.9 Å². The maximum absolute atomic E-state index is 12.2. The average Bonchev–Trinajstić information content (AvgIpc) is 2.99. The first-order chi connectivity index (χ1) is 11.5. The van der Waals surface area contributed by atoms with Gasteiger partial charge in [-0.3, -0.25) is 4.68 Å². The van der Waals surface area contributed by atoms with E-state index in [1.807, 2.05) is 51.4 Å². The minimum atomic E-state index is -0.242. The van der Waals surface area contributed by atoms with E-state index < -0.39 is 0 Å². The van der Waals surface area contributed by atoms with E-state index in [0.717, 1.165) is 11.1 Å². The maximum atomic E-state index is 12.2. The van der Waals surface area contributed by atoms with E-state index in [1.54, 1.807) is 10.9 Å². The van der Waals surface area contributed by atoms with Crippen molar-refractivity contribution in [1.29, 1.82) is 0 Å². The first-order valence-corrected chi connectivity index (χ1v) is 7.71. The van der Waals surface area contributed by atoms with Crippen molar-refractivity contribution in [1.82, 2.24) is 20.4 Å². The van der Waals surface area contributed by atoms with Crippen LogP contribution in [0.2, 0.25) is 0 Å². The molecule has 2 N–H and O–H groups in total. The van der Waals surface area contributed by atoms with Crippen molar-refractivity contribution in [3.8, 4) is 18.1 Å². The zero-order valence-electron chi connectivity index (χ0n) is 14.1. The number of aromatic nitrogens is 2. The summed E-state index contributed by atoms with van der Waals surface area (Å²) in [7, 11) is 1.84. The molecule has 0 saturated heterocycles. The lowest BCUT2D eigenvalue weighted by Crippen LogP contribution is -2.38. The third-order valence-electron chi connectivity index (χ3n) is 3.60. The highest BCUT2D eigenvalue weighted by Crippen LogP contribution is 2.19. The number of ether oxygens (including phenoxy) is 1. The molecule has 0 unspecified atom stereocenters. The Bertz CT molecular complexity index is 733. The van der Waals surface area contributed by atoms with Crippen LogP contribution in [0.4, 0.5) is 4.79 Å². The number of rotatable bonds is 6. The van der Waals surface area contributed by atoms with Gasteiger partial charge >= 0.3 is 6.03 Å². The first kappa shape index (κ1) is 17.4. The number of hydrogen-bond donors (Lipinski definition) is 2. The molecule has 1 aromatic heterocycles. The Labute approximate surface area is 142 Å². The van der Waals surface area contributed by atoms with Crippen molar-refractivity contribution < 1.29 is 9.53 Å². The number of nitrogens with zero attached hydrogens (tertiary/aromatic N) is 2. The molecule has 1 aromatic carbocycles. The van der Waals surface area contributed by atoms with Gasteiger partial charge < -0.3 is 15.4 Å². The lowest BCUT2D eigenvalue weighted by molar-refractivity contribution is 0.235. The summed E-state index contributed by atoms with van der Waals surface area (Å²) < 4.78 is 7.11. The number of carbonyl (C=O) groups is 1. The van der Waals surface area contributed by atoms with Crippen LogP contribution in [0, 0.1) is 12.3 Å². The highest BCUT2D eigenvalue weighted by Gasteiger charge is 2.14. The number of aryl methyl sites for hydroxylation is 1. The van der Waals surface area contributed by atoms with Gasteiger partial charge in [0.05, 0.1) is 18.3 Å². The Morgan fingerprint density at radius 3 is 2.67 bits per heavy atom. The lowest BCUT2D eigenvalue weighted by atomic mass is 10.1. The Morgan fingerprint density at radius 2 is 2.04 bits per heavy atom. The van der Waals surface area contributed by atoms with Gasteiger partial charge in [-0.05, 0) is 31.5 Å². The molecule has 0 aliphatic carbocycles. The van der Waals surface area contributed by atoms with Gasteiger partial charge in [0.15, 0.2) is 0 Å². The van der Waals surface area contributed by atoms with Crippen LogP contribution >= 0.6 is 0 Å². The van der Waals surface area contributed by atoms with Crippen molar-refractivity contribution in [3.05, 3.63) is 47.8 Å². The number of nitrogens with one attached hydrogen (secondary N) is 2. The number of urea groups is 1. The molecule has 0 radical (unpaired) electrons. The number of amides is 2. The van der Waals surface area contributed by atoms with Crippen LogP contribution in [-0.2, 0) is 7.05 Å².